The minimum Gasteiger partial charge on any atom is -0.465 e. The number of ether oxygens (including phenoxy) is 1. The van der Waals surface area contributed by atoms with Gasteiger partial charge < -0.3 is 9.64 Å². The quantitative estimate of drug-likeness (QED) is 0.622. The van der Waals surface area contributed by atoms with Crippen LogP contribution in [0.15, 0.2) is 12.1 Å². The van der Waals surface area contributed by atoms with Crippen LogP contribution in [-0.4, -0.2) is 30.9 Å². The van der Waals surface area contributed by atoms with Crippen LogP contribution in [0, 0.1) is 18.7 Å². The molecule has 3 rings (SSSR count). The Morgan fingerprint density at radius 1 is 1.50 bits per heavy atom. The molecule has 4 nitrogen and oxygen atoms in total. The molecule has 1 aromatic rings. The van der Waals surface area contributed by atoms with E-state index in [2.05, 4.69) is 0 Å². The molecular formula is C17H18FNO3. The third-order valence-electron chi connectivity index (χ3n) is 4.40. The van der Waals surface area contributed by atoms with Gasteiger partial charge in [-0.3, -0.25) is 9.59 Å². The highest BCUT2D eigenvalue weighted by Crippen LogP contribution is 2.40. The average Bonchev–Trinajstić information content (AvgIpc) is 2.48. The molecule has 2 aliphatic heterocycles. The summed E-state index contributed by atoms with van der Waals surface area (Å²) in [5, 5.41) is 0. The topological polar surface area (TPSA) is 46.6 Å². The van der Waals surface area contributed by atoms with Crippen molar-refractivity contribution in [1.29, 1.82) is 0 Å². The largest absolute Gasteiger partial charge is 0.465 e. The first kappa shape index (κ1) is 14.8. The zero-order chi connectivity index (χ0) is 16.0. The minimum atomic E-state index is -0.892. The molecule has 0 aliphatic carbocycles. The molecule has 0 saturated carbocycles. The molecule has 1 aromatic carbocycles. The lowest BCUT2D eigenvalue weighted by Crippen LogP contribution is -2.48. The van der Waals surface area contributed by atoms with E-state index in [-0.39, 0.29) is 30.5 Å². The summed E-state index contributed by atoms with van der Waals surface area (Å²) >= 11 is 0. The number of ketones is 1. The molecular weight excluding hydrogens is 285 g/mol. The molecule has 5 heteroatoms. The van der Waals surface area contributed by atoms with E-state index in [0.717, 1.165) is 11.3 Å². The molecule has 0 fully saturated rings. The maximum absolute atomic E-state index is 14.1. The third-order valence-corrected chi connectivity index (χ3v) is 4.40. The van der Waals surface area contributed by atoms with Crippen LogP contribution in [0.1, 0.15) is 35.3 Å². The average molecular weight is 303 g/mol. The van der Waals surface area contributed by atoms with E-state index in [9.17, 15) is 14.0 Å². The van der Waals surface area contributed by atoms with Crippen molar-refractivity contribution in [2.24, 2.45) is 5.92 Å². The van der Waals surface area contributed by atoms with Gasteiger partial charge >= 0.3 is 5.97 Å². The first-order chi connectivity index (χ1) is 10.5. The molecule has 0 amide bonds. The standard InChI is InChI=1S/C17H18FNO3/c1-4-22-17(21)13-8-19-9(2)5-6-11-10(3)14(18)7-12(15(11)19)16(13)20/h5-7,9,13H,4,8H2,1-3H3. The second kappa shape index (κ2) is 5.23. The number of carbonyl (C=O) groups excluding carboxylic acids is 2. The fraction of sp³-hybridized carbons (Fsp3) is 0.412. The van der Waals surface area contributed by atoms with Crippen LogP contribution in [0.25, 0.3) is 6.08 Å². The van der Waals surface area contributed by atoms with Gasteiger partial charge in [0.1, 0.15) is 11.7 Å². The van der Waals surface area contributed by atoms with E-state index in [0.29, 0.717) is 5.56 Å². The normalized spacial score (nSPS) is 22.5. The Labute approximate surface area is 128 Å². The van der Waals surface area contributed by atoms with Gasteiger partial charge in [-0.05, 0) is 32.4 Å². The molecule has 0 N–H and O–H groups in total. The second-order valence-corrected chi connectivity index (χ2v) is 5.71. The monoisotopic (exact) mass is 303 g/mol. The summed E-state index contributed by atoms with van der Waals surface area (Å²) in [4.78, 5) is 26.7. The Morgan fingerprint density at radius 2 is 2.23 bits per heavy atom. The van der Waals surface area contributed by atoms with Crippen LogP contribution >= 0.6 is 0 Å². The lowest BCUT2D eigenvalue weighted by Gasteiger charge is -2.41. The predicted molar refractivity (Wildman–Crippen MR) is 81.4 cm³/mol. The first-order valence-corrected chi connectivity index (χ1v) is 7.44. The van der Waals surface area contributed by atoms with Crippen LogP contribution in [0.5, 0.6) is 0 Å². The van der Waals surface area contributed by atoms with Crippen LogP contribution in [-0.2, 0) is 9.53 Å². The van der Waals surface area contributed by atoms with Crippen LogP contribution in [0.4, 0.5) is 10.1 Å². The van der Waals surface area contributed by atoms with Crippen molar-refractivity contribution in [3.05, 3.63) is 34.6 Å². The Morgan fingerprint density at radius 3 is 2.91 bits per heavy atom. The first-order valence-electron chi connectivity index (χ1n) is 7.44. The number of benzene rings is 1. The molecule has 2 unspecified atom stereocenters. The fourth-order valence-electron chi connectivity index (χ4n) is 3.15. The second-order valence-electron chi connectivity index (χ2n) is 5.71. The number of Topliss-reactive ketones (excluding diaryl/α,β-unsaturated/α-hetero) is 1. The third kappa shape index (κ3) is 2.03. The maximum Gasteiger partial charge on any atom is 0.318 e. The number of hydrogen-bond donors (Lipinski definition) is 0. The molecule has 116 valence electrons. The summed E-state index contributed by atoms with van der Waals surface area (Å²) in [6.45, 7) is 5.88. The van der Waals surface area contributed by atoms with Gasteiger partial charge in [0, 0.05) is 23.7 Å². The van der Waals surface area contributed by atoms with Crippen molar-refractivity contribution in [1.82, 2.24) is 0 Å². The maximum atomic E-state index is 14.1. The van der Waals surface area contributed by atoms with Gasteiger partial charge in [0.2, 0.25) is 0 Å². The van der Waals surface area contributed by atoms with Crippen molar-refractivity contribution in [2.45, 2.75) is 26.8 Å². The molecule has 0 bridgehead atoms. The minimum absolute atomic E-state index is 0.0427. The Kier molecular flexibility index (Phi) is 3.51. The number of hydrogen-bond acceptors (Lipinski definition) is 4. The van der Waals surface area contributed by atoms with Gasteiger partial charge in [0.15, 0.2) is 5.78 Å². The van der Waals surface area contributed by atoms with E-state index in [4.69, 9.17) is 4.74 Å². The Bertz CT molecular complexity index is 696. The number of rotatable bonds is 2. The number of halogens is 1. The number of esters is 1. The summed E-state index contributed by atoms with van der Waals surface area (Å²) in [7, 11) is 0. The summed E-state index contributed by atoms with van der Waals surface area (Å²) in [6.07, 6.45) is 3.81. The zero-order valence-corrected chi connectivity index (χ0v) is 12.9. The smallest absolute Gasteiger partial charge is 0.318 e. The van der Waals surface area contributed by atoms with Crippen molar-refractivity contribution in [3.8, 4) is 0 Å². The predicted octanol–water partition coefficient (Wildman–Crippen LogP) is 2.73. The van der Waals surface area contributed by atoms with Crippen molar-refractivity contribution >= 4 is 23.5 Å². The van der Waals surface area contributed by atoms with Gasteiger partial charge in [-0.2, -0.15) is 0 Å². The molecule has 2 heterocycles. The fourth-order valence-corrected chi connectivity index (χ4v) is 3.15. The van der Waals surface area contributed by atoms with E-state index in [1.54, 1.807) is 13.8 Å². The Hall–Kier alpha value is -2.17. The van der Waals surface area contributed by atoms with Crippen molar-refractivity contribution in [2.75, 3.05) is 18.1 Å². The van der Waals surface area contributed by atoms with Gasteiger partial charge in [-0.15, -0.1) is 0 Å². The van der Waals surface area contributed by atoms with Gasteiger partial charge in [-0.1, -0.05) is 12.2 Å². The summed E-state index contributed by atoms with van der Waals surface area (Å²) in [5.41, 5.74) is 2.26. The zero-order valence-electron chi connectivity index (χ0n) is 12.9. The van der Waals surface area contributed by atoms with Crippen LogP contribution in [0.3, 0.4) is 0 Å². The molecule has 2 aliphatic rings. The van der Waals surface area contributed by atoms with Gasteiger partial charge in [0.25, 0.3) is 0 Å². The van der Waals surface area contributed by atoms with E-state index in [1.165, 1.54) is 6.07 Å². The highest BCUT2D eigenvalue weighted by Gasteiger charge is 2.41. The molecule has 0 saturated heterocycles. The number of nitrogens with zero attached hydrogens (tertiary/aromatic N) is 1. The highest BCUT2D eigenvalue weighted by atomic mass is 19.1. The van der Waals surface area contributed by atoms with Crippen LogP contribution in [0.2, 0.25) is 0 Å². The van der Waals surface area contributed by atoms with Gasteiger partial charge in [0.05, 0.1) is 12.3 Å². The van der Waals surface area contributed by atoms with Crippen LogP contribution < -0.4 is 4.90 Å². The number of anilines is 1. The molecule has 0 spiro atoms. The van der Waals surface area contributed by atoms with Crippen molar-refractivity contribution < 1.29 is 18.7 Å². The Balaban J connectivity index is 2.16. The lowest BCUT2D eigenvalue weighted by atomic mass is 9.84. The van der Waals surface area contributed by atoms with E-state index in [1.807, 2.05) is 24.0 Å². The molecule has 0 aromatic heterocycles. The summed E-state index contributed by atoms with van der Waals surface area (Å²) in [5.74, 6) is -2.21. The summed E-state index contributed by atoms with van der Waals surface area (Å²) < 4.78 is 19.1. The number of carbonyl (C=O) groups is 2. The molecule has 0 radical (unpaired) electrons. The van der Waals surface area contributed by atoms with Gasteiger partial charge in [-0.25, -0.2) is 4.39 Å². The van der Waals surface area contributed by atoms with Crippen molar-refractivity contribution in [3.63, 3.8) is 0 Å². The van der Waals surface area contributed by atoms with E-state index >= 15 is 0 Å². The lowest BCUT2D eigenvalue weighted by molar-refractivity contribution is -0.145. The molecule has 2 atom stereocenters. The molecule has 22 heavy (non-hydrogen) atoms. The summed E-state index contributed by atoms with van der Waals surface area (Å²) in [6, 6.07) is 1.29. The highest BCUT2D eigenvalue weighted by molar-refractivity contribution is 6.15. The SMILES string of the molecule is CCOC(=O)C1CN2c3c(cc(F)c(C)c3C=CC2C)C1=O. The van der Waals surface area contributed by atoms with E-state index < -0.39 is 17.7 Å².